The number of pyridine rings is 2. The lowest BCUT2D eigenvalue weighted by atomic mass is 10.2. The molecule has 0 atom stereocenters. The van der Waals surface area contributed by atoms with Gasteiger partial charge in [-0.15, -0.1) is 0 Å². The van der Waals surface area contributed by atoms with Crippen molar-refractivity contribution < 1.29 is 46.9 Å². The third-order valence-corrected chi connectivity index (χ3v) is 5.68. The predicted molar refractivity (Wildman–Crippen MR) is 135 cm³/mol. The maximum absolute atomic E-state index is 5.85. The second kappa shape index (κ2) is 11.3. The minimum Gasteiger partial charge on any atom is -1.00 e. The van der Waals surface area contributed by atoms with Gasteiger partial charge >= 0.3 is 0 Å². The van der Waals surface area contributed by atoms with Crippen molar-refractivity contribution in [2.75, 3.05) is 14.2 Å². The highest BCUT2D eigenvalue weighted by Crippen LogP contribution is 2.30. The lowest BCUT2D eigenvalue weighted by Crippen LogP contribution is -3.00. The smallest absolute Gasteiger partial charge is 0.169 e. The Morgan fingerprint density at radius 1 is 0.639 bits per heavy atom. The molecule has 0 bridgehead atoms. The standard InChI is InChI=1S/C15H14NO2.C14H11NO2.HI/c1-16-7-5-11(6-8-16)14-9-12-3-4-13(17-2)10-15(12)18-14;1-16-12-3-2-11-8-13(17-14(11)9-12)10-4-6-15-7-5-10;/h3-10H,1-2H3;2-9H,1H3;1H/q+1;;/p-1. The molecule has 0 unspecified atom stereocenters. The number of ether oxygens (including phenoxy) is 2. The average molecular weight is 592 g/mol. The molecule has 0 saturated carbocycles. The van der Waals surface area contributed by atoms with Gasteiger partial charge in [0, 0.05) is 58.6 Å². The van der Waals surface area contributed by atoms with Crippen LogP contribution in [-0.2, 0) is 7.05 Å². The number of hydrogen-bond donors (Lipinski definition) is 0. The summed E-state index contributed by atoms with van der Waals surface area (Å²) in [6.45, 7) is 0. The molecule has 2 aromatic carbocycles. The largest absolute Gasteiger partial charge is 1.00 e. The van der Waals surface area contributed by atoms with Crippen LogP contribution in [0.2, 0.25) is 0 Å². The summed E-state index contributed by atoms with van der Waals surface area (Å²) in [7, 11) is 5.30. The monoisotopic (exact) mass is 592 g/mol. The van der Waals surface area contributed by atoms with Crippen LogP contribution in [0.4, 0.5) is 0 Å². The molecule has 36 heavy (non-hydrogen) atoms. The molecule has 6 rings (SSSR count). The summed E-state index contributed by atoms with van der Waals surface area (Å²) in [5.41, 5.74) is 3.77. The first-order valence-corrected chi connectivity index (χ1v) is 11.1. The first-order chi connectivity index (χ1) is 17.1. The van der Waals surface area contributed by atoms with E-state index in [1.54, 1.807) is 26.6 Å². The summed E-state index contributed by atoms with van der Waals surface area (Å²) in [6.07, 6.45) is 7.51. The molecule has 4 heterocycles. The van der Waals surface area contributed by atoms with Crippen LogP contribution in [-0.4, -0.2) is 19.2 Å². The van der Waals surface area contributed by atoms with Crippen molar-refractivity contribution in [3.8, 4) is 34.1 Å². The summed E-state index contributed by atoms with van der Waals surface area (Å²) < 4.78 is 24.0. The highest BCUT2D eigenvalue weighted by atomic mass is 127. The summed E-state index contributed by atoms with van der Waals surface area (Å²) in [5, 5.41) is 2.15. The number of benzene rings is 2. The number of fused-ring (bicyclic) bond motifs is 2. The Morgan fingerprint density at radius 2 is 1.11 bits per heavy atom. The van der Waals surface area contributed by atoms with E-state index in [9.17, 15) is 0 Å². The molecule has 0 amide bonds. The van der Waals surface area contributed by atoms with Gasteiger partial charge in [-0.25, -0.2) is 4.57 Å². The third kappa shape index (κ3) is 5.52. The van der Waals surface area contributed by atoms with E-state index in [1.165, 1.54) is 0 Å². The second-order valence-corrected chi connectivity index (χ2v) is 8.02. The Balaban J connectivity index is 0.000000165. The van der Waals surface area contributed by atoms with Crippen molar-refractivity contribution in [2.45, 2.75) is 0 Å². The summed E-state index contributed by atoms with van der Waals surface area (Å²) in [5.74, 6) is 3.32. The molecule has 0 fully saturated rings. The van der Waals surface area contributed by atoms with Crippen molar-refractivity contribution in [3.05, 3.63) is 97.6 Å². The minimum atomic E-state index is 0. The number of aryl methyl sites for hydroxylation is 1. The van der Waals surface area contributed by atoms with Gasteiger partial charge in [-0.1, -0.05) is 0 Å². The molecule has 6 aromatic rings. The zero-order valence-electron chi connectivity index (χ0n) is 20.1. The van der Waals surface area contributed by atoms with Crippen molar-refractivity contribution in [3.63, 3.8) is 0 Å². The van der Waals surface area contributed by atoms with Crippen molar-refractivity contribution in [2.24, 2.45) is 7.05 Å². The maximum atomic E-state index is 5.85. The highest BCUT2D eigenvalue weighted by molar-refractivity contribution is 5.84. The number of furan rings is 2. The Hall–Kier alpha value is -3.85. The number of rotatable bonds is 4. The number of halogens is 1. The SMILES string of the molecule is COc1ccc2cc(-c3cc[n+](C)cc3)oc2c1.COc1ccc2cc(-c3ccncc3)oc2c1.[I-]. The summed E-state index contributed by atoms with van der Waals surface area (Å²) >= 11 is 0. The summed E-state index contributed by atoms with van der Waals surface area (Å²) in [6, 6.07) is 23.6. The first kappa shape index (κ1) is 25.2. The predicted octanol–water partition coefficient (Wildman–Crippen LogP) is 3.44. The van der Waals surface area contributed by atoms with Gasteiger partial charge in [0.1, 0.15) is 41.2 Å². The molecule has 0 spiro atoms. The normalized spacial score (nSPS) is 10.4. The molecular weight excluding hydrogens is 567 g/mol. The maximum Gasteiger partial charge on any atom is 0.169 e. The van der Waals surface area contributed by atoms with Gasteiger partial charge in [0.15, 0.2) is 12.4 Å². The van der Waals surface area contributed by atoms with Crippen LogP contribution in [0.25, 0.3) is 44.6 Å². The number of methoxy groups -OCH3 is 2. The fourth-order valence-electron chi connectivity index (χ4n) is 3.74. The van der Waals surface area contributed by atoms with E-state index in [4.69, 9.17) is 18.3 Å². The fourth-order valence-corrected chi connectivity index (χ4v) is 3.74. The number of nitrogens with zero attached hydrogens (tertiary/aromatic N) is 2. The van der Waals surface area contributed by atoms with Crippen LogP contribution in [0.3, 0.4) is 0 Å². The molecule has 0 saturated heterocycles. The molecule has 0 aliphatic rings. The molecule has 4 aromatic heterocycles. The van der Waals surface area contributed by atoms with Crippen molar-refractivity contribution >= 4 is 21.9 Å². The zero-order valence-corrected chi connectivity index (χ0v) is 22.3. The van der Waals surface area contributed by atoms with Crippen LogP contribution < -0.4 is 38.0 Å². The van der Waals surface area contributed by atoms with Crippen LogP contribution in [0.15, 0.2) is 106 Å². The van der Waals surface area contributed by atoms with Crippen LogP contribution in [0, 0.1) is 0 Å². The Morgan fingerprint density at radius 3 is 1.58 bits per heavy atom. The molecular formula is C29H25IN2O4. The molecule has 0 N–H and O–H groups in total. The average Bonchev–Trinajstić information content (AvgIpc) is 3.53. The van der Waals surface area contributed by atoms with Gasteiger partial charge in [0.05, 0.1) is 14.2 Å². The highest BCUT2D eigenvalue weighted by Gasteiger charge is 2.08. The van der Waals surface area contributed by atoms with Gasteiger partial charge in [-0.05, 0) is 48.5 Å². The zero-order chi connectivity index (χ0) is 24.2. The molecule has 7 heteroatoms. The fraction of sp³-hybridized carbons (Fsp3) is 0.103. The Kier molecular flexibility index (Phi) is 7.90. The van der Waals surface area contributed by atoms with Gasteiger partial charge in [-0.3, -0.25) is 4.98 Å². The molecule has 0 radical (unpaired) electrons. The van der Waals surface area contributed by atoms with E-state index < -0.39 is 0 Å². The van der Waals surface area contributed by atoms with E-state index in [1.807, 2.05) is 96.8 Å². The van der Waals surface area contributed by atoms with Gasteiger partial charge in [0.2, 0.25) is 0 Å². The van der Waals surface area contributed by atoms with Crippen LogP contribution >= 0.6 is 0 Å². The van der Waals surface area contributed by atoms with Gasteiger partial charge < -0.3 is 42.3 Å². The van der Waals surface area contributed by atoms with Crippen molar-refractivity contribution in [1.29, 1.82) is 0 Å². The van der Waals surface area contributed by atoms with E-state index in [2.05, 4.69) is 4.98 Å². The first-order valence-electron chi connectivity index (χ1n) is 11.1. The lowest BCUT2D eigenvalue weighted by molar-refractivity contribution is -0.671. The van der Waals surface area contributed by atoms with Gasteiger partial charge in [-0.2, -0.15) is 0 Å². The Bertz CT molecular complexity index is 1570. The van der Waals surface area contributed by atoms with Gasteiger partial charge in [0.25, 0.3) is 0 Å². The molecule has 0 aliphatic carbocycles. The molecule has 0 aliphatic heterocycles. The van der Waals surface area contributed by atoms with Crippen molar-refractivity contribution in [1.82, 2.24) is 4.98 Å². The number of hydrogen-bond acceptors (Lipinski definition) is 5. The molecule has 182 valence electrons. The Labute approximate surface area is 226 Å². The second-order valence-electron chi connectivity index (χ2n) is 8.02. The van der Waals surface area contributed by atoms with E-state index in [0.29, 0.717) is 0 Å². The van der Waals surface area contributed by atoms with E-state index in [-0.39, 0.29) is 24.0 Å². The topological polar surface area (TPSA) is 61.5 Å². The number of aromatic nitrogens is 2. The quantitative estimate of drug-likeness (QED) is 0.232. The minimum absolute atomic E-state index is 0. The summed E-state index contributed by atoms with van der Waals surface area (Å²) in [4.78, 5) is 3.99. The van der Waals surface area contributed by atoms with E-state index in [0.717, 1.165) is 56.1 Å². The molecule has 6 nitrogen and oxygen atoms in total. The third-order valence-electron chi connectivity index (χ3n) is 5.68. The van der Waals surface area contributed by atoms with Crippen LogP contribution in [0.5, 0.6) is 11.5 Å². The van der Waals surface area contributed by atoms with E-state index >= 15 is 0 Å². The van der Waals surface area contributed by atoms with Crippen LogP contribution in [0.1, 0.15) is 0 Å². The lowest BCUT2D eigenvalue weighted by Gasteiger charge is -1.97.